The first-order chi connectivity index (χ1) is 9.79. The van der Waals surface area contributed by atoms with Crippen LogP contribution in [0.2, 0.25) is 0 Å². The zero-order chi connectivity index (χ0) is 13.8. The lowest BCUT2D eigenvalue weighted by molar-refractivity contribution is 0.481. The number of aromatic nitrogens is 3. The number of benzene rings is 2. The first-order valence-electron chi connectivity index (χ1n) is 6.48. The molecule has 3 rings (SSSR count). The molecule has 0 saturated heterocycles. The molecule has 0 amide bonds. The number of nitrogens with zero attached hydrogens (tertiary/aromatic N) is 3. The fraction of sp³-hybridized carbons (Fsp3) is 0.125. The van der Waals surface area contributed by atoms with E-state index in [1.165, 1.54) is 0 Å². The summed E-state index contributed by atoms with van der Waals surface area (Å²) in [4.78, 5) is 0. The van der Waals surface area contributed by atoms with E-state index in [2.05, 4.69) is 16.4 Å². The second-order valence-corrected chi connectivity index (χ2v) is 4.62. The van der Waals surface area contributed by atoms with E-state index in [1.807, 2.05) is 66.3 Å². The summed E-state index contributed by atoms with van der Waals surface area (Å²) >= 11 is 0. The van der Waals surface area contributed by atoms with Crippen molar-refractivity contribution in [3.8, 4) is 11.5 Å². The van der Waals surface area contributed by atoms with Gasteiger partial charge in [-0.3, -0.25) is 0 Å². The van der Waals surface area contributed by atoms with Gasteiger partial charge in [0.2, 0.25) is 0 Å². The minimum Gasteiger partial charge on any atom is -0.457 e. The normalized spacial score (nSPS) is 10.4. The molecule has 0 unspecified atom stereocenters. The van der Waals surface area contributed by atoms with Crippen LogP contribution in [-0.2, 0) is 6.54 Å². The zero-order valence-corrected chi connectivity index (χ0v) is 11.2. The highest BCUT2D eigenvalue weighted by Crippen LogP contribution is 2.22. The smallest absolute Gasteiger partial charge is 0.127 e. The van der Waals surface area contributed by atoms with Crippen LogP contribution in [0.15, 0.2) is 60.8 Å². The molecule has 0 N–H and O–H groups in total. The fourth-order valence-electron chi connectivity index (χ4n) is 1.99. The molecule has 0 aliphatic heterocycles. The summed E-state index contributed by atoms with van der Waals surface area (Å²) in [5.41, 5.74) is 2.05. The monoisotopic (exact) mass is 265 g/mol. The van der Waals surface area contributed by atoms with E-state index in [0.717, 1.165) is 22.8 Å². The average molecular weight is 265 g/mol. The van der Waals surface area contributed by atoms with Crippen LogP contribution >= 0.6 is 0 Å². The Morgan fingerprint density at radius 2 is 1.80 bits per heavy atom. The van der Waals surface area contributed by atoms with E-state index in [0.29, 0.717) is 6.54 Å². The summed E-state index contributed by atoms with van der Waals surface area (Å²) in [5.74, 6) is 1.66. The van der Waals surface area contributed by atoms with E-state index in [9.17, 15) is 0 Å². The summed E-state index contributed by atoms with van der Waals surface area (Å²) in [5, 5.41) is 8.04. The first kappa shape index (κ1) is 12.4. The van der Waals surface area contributed by atoms with Crippen LogP contribution in [0.25, 0.3) is 0 Å². The molecule has 20 heavy (non-hydrogen) atoms. The van der Waals surface area contributed by atoms with Crippen molar-refractivity contribution < 1.29 is 4.74 Å². The van der Waals surface area contributed by atoms with Gasteiger partial charge in [0.15, 0.2) is 0 Å². The molecule has 0 atom stereocenters. The maximum Gasteiger partial charge on any atom is 0.127 e. The molecule has 0 aliphatic carbocycles. The second kappa shape index (κ2) is 5.57. The van der Waals surface area contributed by atoms with Gasteiger partial charge >= 0.3 is 0 Å². The molecule has 0 aliphatic rings. The zero-order valence-electron chi connectivity index (χ0n) is 11.2. The van der Waals surface area contributed by atoms with Gasteiger partial charge in [0, 0.05) is 6.20 Å². The van der Waals surface area contributed by atoms with Crippen LogP contribution in [0.4, 0.5) is 0 Å². The lowest BCUT2D eigenvalue weighted by atomic mass is 10.2. The van der Waals surface area contributed by atoms with Crippen molar-refractivity contribution in [3.05, 3.63) is 72.1 Å². The molecule has 100 valence electrons. The van der Waals surface area contributed by atoms with Gasteiger partial charge in [0.05, 0.1) is 12.2 Å². The van der Waals surface area contributed by atoms with E-state index >= 15 is 0 Å². The SMILES string of the molecule is Cc1cn(Cc2cccc(Oc3ccccc3)c2)nn1. The second-order valence-electron chi connectivity index (χ2n) is 4.62. The van der Waals surface area contributed by atoms with Gasteiger partial charge in [-0.05, 0) is 36.8 Å². The van der Waals surface area contributed by atoms with E-state index in [-0.39, 0.29) is 0 Å². The Morgan fingerprint density at radius 1 is 1.00 bits per heavy atom. The molecule has 3 aromatic rings. The van der Waals surface area contributed by atoms with Crippen LogP contribution in [0, 0.1) is 6.92 Å². The Hall–Kier alpha value is -2.62. The van der Waals surface area contributed by atoms with Crippen molar-refractivity contribution in [3.63, 3.8) is 0 Å². The summed E-state index contributed by atoms with van der Waals surface area (Å²) in [7, 11) is 0. The number of ether oxygens (including phenoxy) is 1. The molecule has 4 nitrogen and oxygen atoms in total. The lowest BCUT2D eigenvalue weighted by Gasteiger charge is -2.07. The maximum absolute atomic E-state index is 5.82. The predicted molar refractivity (Wildman–Crippen MR) is 76.8 cm³/mol. The third kappa shape index (κ3) is 3.03. The molecule has 0 saturated carbocycles. The third-order valence-corrected chi connectivity index (χ3v) is 2.88. The molecule has 2 aromatic carbocycles. The summed E-state index contributed by atoms with van der Waals surface area (Å²) < 4.78 is 7.63. The van der Waals surface area contributed by atoms with E-state index in [1.54, 1.807) is 0 Å². The lowest BCUT2D eigenvalue weighted by Crippen LogP contribution is -2.00. The molecular weight excluding hydrogens is 250 g/mol. The average Bonchev–Trinajstić information content (AvgIpc) is 2.86. The fourth-order valence-corrected chi connectivity index (χ4v) is 1.99. The highest BCUT2D eigenvalue weighted by Gasteiger charge is 2.01. The standard InChI is InChI=1S/C16H15N3O/c1-13-11-19(18-17-13)12-14-6-5-9-16(10-14)20-15-7-3-2-4-8-15/h2-11H,12H2,1H3. The van der Waals surface area contributed by atoms with Crippen LogP contribution in [-0.4, -0.2) is 15.0 Å². The topological polar surface area (TPSA) is 39.9 Å². The molecular formula is C16H15N3O. The van der Waals surface area contributed by atoms with Crippen molar-refractivity contribution in [2.24, 2.45) is 0 Å². The van der Waals surface area contributed by atoms with Gasteiger partial charge in [-0.25, -0.2) is 4.68 Å². The molecule has 0 radical (unpaired) electrons. The molecule has 0 spiro atoms. The molecule has 0 bridgehead atoms. The Labute approximate surface area is 117 Å². The van der Waals surface area contributed by atoms with Crippen LogP contribution in [0.3, 0.4) is 0 Å². The number of hydrogen-bond donors (Lipinski definition) is 0. The predicted octanol–water partition coefficient (Wildman–Crippen LogP) is 3.43. The van der Waals surface area contributed by atoms with Crippen molar-refractivity contribution in [1.29, 1.82) is 0 Å². The summed E-state index contributed by atoms with van der Waals surface area (Å²) in [6.07, 6.45) is 1.92. The van der Waals surface area contributed by atoms with Crippen molar-refractivity contribution in [1.82, 2.24) is 15.0 Å². The highest BCUT2D eigenvalue weighted by atomic mass is 16.5. The van der Waals surface area contributed by atoms with Crippen molar-refractivity contribution in [2.75, 3.05) is 0 Å². The molecule has 1 heterocycles. The highest BCUT2D eigenvalue weighted by molar-refractivity contribution is 5.33. The maximum atomic E-state index is 5.82. The van der Waals surface area contributed by atoms with Gasteiger partial charge < -0.3 is 4.74 Å². The van der Waals surface area contributed by atoms with Crippen molar-refractivity contribution >= 4 is 0 Å². The minimum absolute atomic E-state index is 0.687. The van der Waals surface area contributed by atoms with Crippen LogP contribution < -0.4 is 4.74 Å². The van der Waals surface area contributed by atoms with Gasteiger partial charge in [-0.2, -0.15) is 0 Å². The minimum atomic E-state index is 0.687. The Morgan fingerprint density at radius 3 is 2.55 bits per heavy atom. The molecule has 4 heteroatoms. The number of hydrogen-bond acceptors (Lipinski definition) is 3. The van der Waals surface area contributed by atoms with Crippen LogP contribution in [0.1, 0.15) is 11.3 Å². The van der Waals surface area contributed by atoms with Gasteiger partial charge in [0.25, 0.3) is 0 Å². The summed E-state index contributed by atoms with van der Waals surface area (Å²) in [6.45, 7) is 2.62. The van der Waals surface area contributed by atoms with Gasteiger partial charge in [0.1, 0.15) is 11.5 Å². The van der Waals surface area contributed by atoms with E-state index in [4.69, 9.17) is 4.74 Å². The number of rotatable bonds is 4. The van der Waals surface area contributed by atoms with Gasteiger partial charge in [-0.15, -0.1) is 5.10 Å². The summed E-state index contributed by atoms with van der Waals surface area (Å²) in [6, 6.07) is 17.8. The van der Waals surface area contributed by atoms with Crippen LogP contribution in [0.5, 0.6) is 11.5 Å². The quantitative estimate of drug-likeness (QED) is 0.725. The third-order valence-electron chi connectivity index (χ3n) is 2.88. The first-order valence-corrected chi connectivity index (χ1v) is 6.48. The van der Waals surface area contributed by atoms with E-state index < -0.39 is 0 Å². The molecule has 0 fully saturated rings. The van der Waals surface area contributed by atoms with Gasteiger partial charge in [-0.1, -0.05) is 35.5 Å². The largest absolute Gasteiger partial charge is 0.457 e. The Kier molecular flexibility index (Phi) is 3.46. The van der Waals surface area contributed by atoms with Crippen molar-refractivity contribution in [2.45, 2.75) is 13.5 Å². The molecule has 1 aromatic heterocycles. The number of aryl methyl sites for hydroxylation is 1. The Balaban J connectivity index is 1.76. The Bertz CT molecular complexity index is 692. The number of para-hydroxylation sites is 1.